The molecule has 3 N–H and O–H groups in total. The van der Waals surface area contributed by atoms with Crippen LogP contribution in [0.15, 0.2) is 54.4 Å². The summed E-state index contributed by atoms with van der Waals surface area (Å²) < 4.78 is 23.0. The molecule has 1 aliphatic heterocycles. The van der Waals surface area contributed by atoms with Crippen LogP contribution in [0.3, 0.4) is 0 Å². The lowest BCUT2D eigenvalue weighted by molar-refractivity contribution is -0.118. The fraction of sp³-hybridized carbons (Fsp3) is 0.222. The molecule has 0 bridgehead atoms. The predicted octanol–water partition coefficient (Wildman–Crippen LogP) is 5.43. The molecule has 15 heteroatoms. The Kier molecular flexibility index (Phi) is 7.71. The normalized spacial score (nSPS) is 15.0. The summed E-state index contributed by atoms with van der Waals surface area (Å²) in [5.74, 6) is 0.110. The number of anilines is 1. The van der Waals surface area contributed by atoms with Crippen LogP contribution in [0.4, 0.5) is 14.3 Å². The van der Waals surface area contributed by atoms with Crippen molar-refractivity contribution >= 4 is 62.6 Å². The van der Waals surface area contributed by atoms with Crippen LogP contribution in [0.1, 0.15) is 17.4 Å². The molecule has 0 saturated heterocycles. The predicted molar refractivity (Wildman–Crippen MR) is 156 cm³/mol. The Bertz CT molecular complexity index is 1780. The van der Waals surface area contributed by atoms with Crippen molar-refractivity contribution in [3.05, 3.63) is 75.9 Å². The number of carbonyl (C=O) groups is 2. The standard InChI is InChI=1S/C27H22Cl2FN7O4S/c28-19-10-17(14-1-3-16(4-2-14)41-7-5-32-27(39)40)21(29)22-18(19)12-37(35-22)24(25(38)34-26-31-6-8-42-26)23-20-9-15(30)11-36(20)13-33-23/h1-4,6,8,10,12-13,15,24,32H,5,7,9,11H2,(H,39,40)(H,31,34,38)/t15-,24?/m1/s1. The number of imidazole rings is 1. The van der Waals surface area contributed by atoms with Gasteiger partial charge in [-0.1, -0.05) is 35.3 Å². The van der Waals surface area contributed by atoms with Gasteiger partial charge in [0.15, 0.2) is 11.2 Å². The highest BCUT2D eigenvalue weighted by Crippen LogP contribution is 2.40. The Morgan fingerprint density at radius 3 is 2.79 bits per heavy atom. The molecule has 4 heterocycles. The number of carboxylic acid groups (broad SMARTS) is 1. The van der Waals surface area contributed by atoms with E-state index in [-0.39, 0.29) is 26.1 Å². The topological polar surface area (TPSA) is 136 Å². The second kappa shape index (κ2) is 11.6. The first-order valence-corrected chi connectivity index (χ1v) is 14.4. The SMILES string of the molecule is O=C(O)NCCOc1ccc(-c2cc(Cl)c3cn(C(C(=O)Nc4nccs4)c4ncn5c4C[C@@H](F)C5)nc3c2Cl)cc1. The van der Waals surface area contributed by atoms with Crippen molar-refractivity contribution in [3.8, 4) is 16.9 Å². The van der Waals surface area contributed by atoms with Crippen LogP contribution < -0.4 is 15.4 Å². The zero-order chi connectivity index (χ0) is 29.4. The molecule has 0 aliphatic carbocycles. The molecule has 6 rings (SSSR count). The van der Waals surface area contributed by atoms with Gasteiger partial charge in [-0.25, -0.2) is 19.2 Å². The molecule has 3 aromatic heterocycles. The first kappa shape index (κ1) is 27.9. The average molecular weight is 630 g/mol. The van der Waals surface area contributed by atoms with Crippen LogP contribution in [0.25, 0.3) is 22.0 Å². The fourth-order valence-electron chi connectivity index (χ4n) is 4.87. The quantitative estimate of drug-likeness (QED) is 0.185. The molecule has 11 nitrogen and oxygen atoms in total. The Morgan fingerprint density at radius 1 is 1.24 bits per heavy atom. The average Bonchev–Trinajstić information content (AvgIpc) is 3.76. The van der Waals surface area contributed by atoms with Gasteiger partial charge in [-0.15, -0.1) is 11.3 Å². The molecule has 0 spiro atoms. The molecule has 0 fully saturated rings. The van der Waals surface area contributed by atoms with Crippen molar-refractivity contribution < 1.29 is 23.8 Å². The van der Waals surface area contributed by atoms with E-state index in [1.807, 2.05) is 0 Å². The van der Waals surface area contributed by atoms with Gasteiger partial charge in [0.05, 0.1) is 35.2 Å². The van der Waals surface area contributed by atoms with Crippen molar-refractivity contribution in [1.29, 1.82) is 0 Å². The molecule has 2 atom stereocenters. The summed E-state index contributed by atoms with van der Waals surface area (Å²) in [4.78, 5) is 32.8. The van der Waals surface area contributed by atoms with Crippen molar-refractivity contribution in [2.75, 3.05) is 18.5 Å². The monoisotopic (exact) mass is 629 g/mol. The maximum atomic E-state index is 14.3. The summed E-state index contributed by atoms with van der Waals surface area (Å²) in [6.07, 6.45) is 2.70. The van der Waals surface area contributed by atoms with E-state index in [1.54, 1.807) is 52.7 Å². The largest absolute Gasteiger partial charge is 0.492 e. The highest BCUT2D eigenvalue weighted by molar-refractivity contribution is 7.13. The van der Waals surface area contributed by atoms with Gasteiger partial charge in [-0.05, 0) is 23.8 Å². The number of ether oxygens (including phenoxy) is 1. The molecule has 1 unspecified atom stereocenters. The lowest BCUT2D eigenvalue weighted by Gasteiger charge is -2.16. The second-order valence-electron chi connectivity index (χ2n) is 9.46. The number of fused-ring (bicyclic) bond motifs is 2. The summed E-state index contributed by atoms with van der Waals surface area (Å²) >= 11 is 14.8. The number of nitrogens with zero attached hydrogens (tertiary/aromatic N) is 5. The van der Waals surface area contributed by atoms with E-state index in [9.17, 15) is 14.0 Å². The number of aromatic nitrogens is 5. The number of benzene rings is 2. The van der Waals surface area contributed by atoms with Crippen LogP contribution in [-0.4, -0.2) is 60.7 Å². The first-order chi connectivity index (χ1) is 20.3. The molecule has 0 saturated carbocycles. The summed E-state index contributed by atoms with van der Waals surface area (Å²) in [5.41, 5.74) is 2.75. The van der Waals surface area contributed by atoms with Gasteiger partial charge >= 0.3 is 6.09 Å². The number of hydrogen-bond donors (Lipinski definition) is 3. The van der Waals surface area contributed by atoms with Crippen LogP contribution in [-0.2, 0) is 17.8 Å². The third-order valence-electron chi connectivity index (χ3n) is 6.74. The van der Waals surface area contributed by atoms with Crippen molar-refractivity contribution in [1.82, 2.24) is 29.6 Å². The number of hydrogen-bond acceptors (Lipinski definition) is 7. The molecule has 2 amide bonds. The Morgan fingerprint density at radius 2 is 2.05 bits per heavy atom. The third kappa shape index (κ3) is 5.50. The molecule has 2 aromatic carbocycles. The maximum Gasteiger partial charge on any atom is 0.404 e. The summed E-state index contributed by atoms with van der Waals surface area (Å²) in [6, 6.07) is 7.75. The number of nitrogens with one attached hydrogen (secondary N) is 2. The van der Waals surface area contributed by atoms with Crippen molar-refractivity contribution in [2.24, 2.45) is 0 Å². The molecular weight excluding hydrogens is 608 g/mol. The lowest BCUT2D eigenvalue weighted by atomic mass is 10.0. The van der Waals surface area contributed by atoms with Crippen LogP contribution in [0.2, 0.25) is 10.0 Å². The minimum Gasteiger partial charge on any atom is -0.492 e. The third-order valence-corrected chi connectivity index (χ3v) is 8.12. The minimum atomic E-state index is -1.12. The summed E-state index contributed by atoms with van der Waals surface area (Å²) in [5, 5.41) is 21.8. The van der Waals surface area contributed by atoms with E-state index in [1.165, 1.54) is 22.3 Å². The molecule has 42 heavy (non-hydrogen) atoms. The number of amides is 2. The maximum absolute atomic E-state index is 14.3. The highest BCUT2D eigenvalue weighted by Gasteiger charge is 2.34. The Balaban J connectivity index is 1.34. The van der Waals surface area contributed by atoms with E-state index in [0.29, 0.717) is 48.8 Å². The second-order valence-corrected chi connectivity index (χ2v) is 11.1. The van der Waals surface area contributed by atoms with E-state index >= 15 is 0 Å². The zero-order valence-electron chi connectivity index (χ0n) is 21.6. The zero-order valence-corrected chi connectivity index (χ0v) is 24.0. The van der Waals surface area contributed by atoms with Gasteiger partial charge in [0.25, 0.3) is 5.91 Å². The van der Waals surface area contributed by atoms with Crippen LogP contribution in [0.5, 0.6) is 5.75 Å². The number of alkyl halides is 1. The fourth-order valence-corrected chi connectivity index (χ4v) is 5.95. The van der Waals surface area contributed by atoms with E-state index in [4.69, 9.17) is 38.1 Å². The molecular formula is C27H22Cl2FN7O4S. The van der Waals surface area contributed by atoms with Gasteiger partial charge in [0, 0.05) is 40.8 Å². The Labute approximate surface area is 251 Å². The smallest absolute Gasteiger partial charge is 0.404 e. The summed E-state index contributed by atoms with van der Waals surface area (Å²) in [6.45, 7) is 0.496. The van der Waals surface area contributed by atoms with E-state index in [2.05, 4.69) is 20.6 Å². The van der Waals surface area contributed by atoms with E-state index in [0.717, 1.165) is 5.56 Å². The minimum absolute atomic E-state index is 0.137. The van der Waals surface area contributed by atoms with Gasteiger partial charge in [-0.3, -0.25) is 14.8 Å². The molecule has 216 valence electrons. The van der Waals surface area contributed by atoms with Gasteiger partial charge in [0.1, 0.15) is 24.0 Å². The first-order valence-electron chi connectivity index (χ1n) is 12.7. The van der Waals surface area contributed by atoms with Crippen LogP contribution >= 0.6 is 34.5 Å². The molecule has 1 aliphatic rings. The lowest BCUT2D eigenvalue weighted by Crippen LogP contribution is -2.28. The molecule has 0 radical (unpaired) electrons. The van der Waals surface area contributed by atoms with Gasteiger partial charge in [-0.2, -0.15) is 5.10 Å². The summed E-state index contributed by atoms with van der Waals surface area (Å²) in [7, 11) is 0. The van der Waals surface area contributed by atoms with Gasteiger partial charge < -0.3 is 19.7 Å². The van der Waals surface area contributed by atoms with E-state index < -0.39 is 24.2 Å². The van der Waals surface area contributed by atoms with Gasteiger partial charge in [0.2, 0.25) is 0 Å². The van der Waals surface area contributed by atoms with Crippen molar-refractivity contribution in [2.45, 2.75) is 25.2 Å². The van der Waals surface area contributed by atoms with Crippen LogP contribution in [0, 0.1) is 0 Å². The molecule has 5 aromatic rings. The number of thiazole rings is 1. The van der Waals surface area contributed by atoms with Crippen molar-refractivity contribution in [3.63, 3.8) is 0 Å². The Hall–Kier alpha value is -4.20. The highest BCUT2D eigenvalue weighted by atomic mass is 35.5. The number of carbonyl (C=O) groups excluding carboxylic acids is 1. The number of halogens is 3. The number of rotatable bonds is 9.